The van der Waals surface area contributed by atoms with Crippen molar-refractivity contribution in [3.63, 3.8) is 0 Å². The molecule has 0 radical (unpaired) electrons. The van der Waals surface area contributed by atoms with E-state index in [0.29, 0.717) is 32.6 Å². The molecule has 0 aliphatic carbocycles. The lowest BCUT2D eigenvalue weighted by Crippen LogP contribution is -2.35. The van der Waals surface area contributed by atoms with Crippen LogP contribution in [0.25, 0.3) is 0 Å². The van der Waals surface area contributed by atoms with Gasteiger partial charge in [-0.1, -0.05) is 60.7 Å². The fraction of sp³-hybridized carbons (Fsp3) is 0.333. The van der Waals surface area contributed by atoms with E-state index < -0.39 is 0 Å². The second-order valence-corrected chi connectivity index (χ2v) is 6.21. The van der Waals surface area contributed by atoms with Crippen LogP contribution in [0.5, 0.6) is 0 Å². The molecule has 5 nitrogen and oxygen atoms in total. The van der Waals surface area contributed by atoms with Crippen molar-refractivity contribution >= 4 is 24.2 Å². The molecular weight excluding hydrogens is 362 g/mol. The number of carbonyl (C=O) groups is 2. The molecule has 0 aliphatic rings. The van der Waals surface area contributed by atoms with E-state index in [9.17, 15) is 9.59 Å². The lowest BCUT2D eigenvalue weighted by Gasteiger charge is -2.23. The molecule has 0 aliphatic heterocycles. The van der Waals surface area contributed by atoms with Crippen molar-refractivity contribution in [2.24, 2.45) is 5.73 Å². The van der Waals surface area contributed by atoms with E-state index in [1.54, 1.807) is 0 Å². The number of carbonyl (C=O) groups excluding carboxylic acids is 2. The van der Waals surface area contributed by atoms with E-state index in [-0.39, 0.29) is 30.6 Å². The normalized spacial score (nSPS) is 9.96. The molecule has 0 atom stereocenters. The lowest BCUT2D eigenvalue weighted by molar-refractivity contribution is -0.131. The maximum Gasteiger partial charge on any atom is 0.224 e. The minimum absolute atomic E-state index is 0. The molecule has 0 saturated carbocycles. The maximum absolute atomic E-state index is 12.5. The average Bonchev–Trinajstić information content (AvgIpc) is 2.66. The number of amides is 2. The van der Waals surface area contributed by atoms with Crippen LogP contribution >= 0.6 is 12.4 Å². The number of hydrogen-bond donors (Lipinski definition) is 2. The van der Waals surface area contributed by atoms with E-state index in [1.165, 1.54) is 0 Å². The van der Waals surface area contributed by atoms with Crippen molar-refractivity contribution in [1.29, 1.82) is 0 Å². The zero-order valence-electron chi connectivity index (χ0n) is 15.5. The molecule has 0 aromatic heterocycles. The summed E-state index contributed by atoms with van der Waals surface area (Å²) in [5.74, 6) is -0.0390. The molecule has 146 valence electrons. The van der Waals surface area contributed by atoms with Gasteiger partial charge in [-0.3, -0.25) is 9.59 Å². The summed E-state index contributed by atoms with van der Waals surface area (Å²) in [6.07, 6.45) is 1.38. The van der Waals surface area contributed by atoms with Crippen molar-refractivity contribution in [1.82, 2.24) is 10.2 Å². The van der Waals surface area contributed by atoms with Crippen molar-refractivity contribution in [3.8, 4) is 0 Å². The largest absolute Gasteiger partial charge is 0.355 e. The Kier molecular flexibility index (Phi) is 10.8. The van der Waals surface area contributed by atoms with Gasteiger partial charge in [-0.25, -0.2) is 0 Å². The summed E-state index contributed by atoms with van der Waals surface area (Å²) >= 11 is 0. The minimum atomic E-state index is -0.0689. The molecule has 6 heteroatoms. The van der Waals surface area contributed by atoms with Crippen LogP contribution in [-0.4, -0.2) is 36.3 Å². The van der Waals surface area contributed by atoms with E-state index in [2.05, 4.69) is 5.32 Å². The molecule has 2 aromatic carbocycles. The van der Waals surface area contributed by atoms with Crippen LogP contribution in [0.4, 0.5) is 0 Å². The Morgan fingerprint density at radius 3 is 2.11 bits per heavy atom. The summed E-state index contributed by atoms with van der Waals surface area (Å²) in [5, 5.41) is 2.83. The Bertz CT molecular complexity index is 680. The average molecular weight is 390 g/mol. The van der Waals surface area contributed by atoms with Gasteiger partial charge < -0.3 is 16.0 Å². The SMILES string of the molecule is Cl.NCCCN(Cc1ccccc1)C(=O)CCNC(=O)Cc1ccccc1. The van der Waals surface area contributed by atoms with Gasteiger partial charge in [0, 0.05) is 26.1 Å². The Hall–Kier alpha value is -2.37. The van der Waals surface area contributed by atoms with Gasteiger partial charge in [-0.15, -0.1) is 12.4 Å². The van der Waals surface area contributed by atoms with Gasteiger partial charge in [-0.2, -0.15) is 0 Å². The highest BCUT2D eigenvalue weighted by molar-refractivity contribution is 5.85. The molecule has 2 aromatic rings. The first-order valence-corrected chi connectivity index (χ1v) is 9.01. The minimum Gasteiger partial charge on any atom is -0.355 e. The van der Waals surface area contributed by atoms with Crippen molar-refractivity contribution in [3.05, 3.63) is 71.8 Å². The third-order valence-electron chi connectivity index (χ3n) is 4.07. The molecule has 0 bridgehead atoms. The quantitative estimate of drug-likeness (QED) is 0.655. The van der Waals surface area contributed by atoms with Crippen molar-refractivity contribution in [2.45, 2.75) is 25.8 Å². The Morgan fingerprint density at radius 1 is 0.926 bits per heavy atom. The standard InChI is InChI=1S/C21H27N3O2.ClH/c22-13-7-15-24(17-19-10-5-2-6-11-19)21(26)12-14-23-20(25)16-18-8-3-1-4-9-18;/h1-6,8-11H,7,12-17,22H2,(H,23,25);1H. The first kappa shape index (κ1) is 22.7. The first-order valence-electron chi connectivity index (χ1n) is 9.01. The monoisotopic (exact) mass is 389 g/mol. The second-order valence-electron chi connectivity index (χ2n) is 6.21. The van der Waals surface area contributed by atoms with Gasteiger partial charge in [0.05, 0.1) is 6.42 Å². The van der Waals surface area contributed by atoms with Crippen LogP contribution in [0.15, 0.2) is 60.7 Å². The smallest absolute Gasteiger partial charge is 0.224 e. The van der Waals surface area contributed by atoms with Crippen LogP contribution in [0.3, 0.4) is 0 Å². The van der Waals surface area contributed by atoms with E-state index >= 15 is 0 Å². The highest BCUT2D eigenvalue weighted by atomic mass is 35.5. The Balaban J connectivity index is 0.00000364. The number of hydrogen-bond acceptors (Lipinski definition) is 3. The Labute approximate surface area is 167 Å². The zero-order chi connectivity index (χ0) is 18.6. The number of halogens is 1. The van der Waals surface area contributed by atoms with E-state index in [4.69, 9.17) is 5.73 Å². The summed E-state index contributed by atoms with van der Waals surface area (Å²) in [7, 11) is 0. The predicted octanol–water partition coefficient (Wildman–Crippen LogP) is 2.53. The molecular formula is C21H28ClN3O2. The zero-order valence-corrected chi connectivity index (χ0v) is 16.3. The van der Waals surface area contributed by atoms with Gasteiger partial charge in [0.2, 0.25) is 11.8 Å². The molecule has 0 heterocycles. The summed E-state index contributed by atoms with van der Waals surface area (Å²) in [6.45, 7) is 2.09. The topological polar surface area (TPSA) is 75.4 Å². The van der Waals surface area contributed by atoms with Gasteiger partial charge in [0.25, 0.3) is 0 Å². The molecule has 3 N–H and O–H groups in total. The van der Waals surface area contributed by atoms with Crippen LogP contribution < -0.4 is 11.1 Å². The van der Waals surface area contributed by atoms with Crippen LogP contribution in [0.1, 0.15) is 24.0 Å². The molecule has 27 heavy (non-hydrogen) atoms. The van der Waals surface area contributed by atoms with Crippen LogP contribution in [-0.2, 0) is 22.6 Å². The predicted molar refractivity (Wildman–Crippen MR) is 111 cm³/mol. The number of benzene rings is 2. The first-order chi connectivity index (χ1) is 12.7. The van der Waals surface area contributed by atoms with Gasteiger partial charge in [0.1, 0.15) is 0 Å². The summed E-state index contributed by atoms with van der Waals surface area (Å²) in [6, 6.07) is 19.5. The number of rotatable bonds is 10. The van der Waals surface area contributed by atoms with E-state index in [0.717, 1.165) is 17.5 Å². The molecule has 2 rings (SSSR count). The fourth-order valence-corrected chi connectivity index (χ4v) is 2.69. The van der Waals surface area contributed by atoms with Gasteiger partial charge in [0.15, 0.2) is 0 Å². The molecule has 2 amide bonds. The van der Waals surface area contributed by atoms with Crippen LogP contribution in [0, 0.1) is 0 Å². The molecule has 0 unspecified atom stereocenters. The van der Waals surface area contributed by atoms with Gasteiger partial charge >= 0.3 is 0 Å². The van der Waals surface area contributed by atoms with Crippen molar-refractivity contribution < 1.29 is 9.59 Å². The Morgan fingerprint density at radius 2 is 1.52 bits per heavy atom. The number of nitrogens with one attached hydrogen (secondary N) is 1. The lowest BCUT2D eigenvalue weighted by atomic mass is 10.1. The molecule has 0 saturated heterocycles. The van der Waals surface area contributed by atoms with Crippen molar-refractivity contribution in [2.75, 3.05) is 19.6 Å². The summed E-state index contributed by atoms with van der Waals surface area (Å²) < 4.78 is 0. The second kappa shape index (κ2) is 12.9. The van der Waals surface area contributed by atoms with Gasteiger partial charge in [-0.05, 0) is 24.1 Å². The van der Waals surface area contributed by atoms with Crippen LogP contribution in [0.2, 0.25) is 0 Å². The highest BCUT2D eigenvalue weighted by Crippen LogP contribution is 2.07. The highest BCUT2D eigenvalue weighted by Gasteiger charge is 2.14. The fourth-order valence-electron chi connectivity index (χ4n) is 2.69. The third-order valence-corrected chi connectivity index (χ3v) is 4.07. The maximum atomic E-state index is 12.5. The molecule has 0 spiro atoms. The number of nitrogens with zero attached hydrogens (tertiary/aromatic N) is 1. The molecule has 0 fully saturated rings. The van der Waals surface area contributed by atoms with E-state index in [1.807, 2.05) is 65.6 Å². The third kappa shape index (κ3) is 8.71. The summed E-state index contributed by atoms with van der Waals surface area (Å²) in [4.78, 5) is 26.3. The summed E-state index contributed by atoms with van der Waals surface area (Å²) in [5.41, 5.74) is 7.64. The number of nitrogens with two attached hydrogens (primary N) is 1.